The van der Waals surface area contributed by atoms with Crippen LogP contribution in [0.5, 0.6) is 0 Å². The average Bonchev–Trinajstić information content (AvgIpc) is 2.99. The van der Waals surface area contributed by atoms with E-state index in [2.05, 4.69) is 17.3 Å². The SMILES string of the molecule is CCCCc1nn(C)c2c1C(c1ccccc1[N+](=O)[O-])C(C(=O)OC)=C(C)N2. The summed E-state index contributed by atoms with van der Waals surface area (Å²) in [6, 6.07) is 6.53. The fourth-order valence-electron chi connectivity index (χ4n) is 3.77. The van der Waals surface area contributed by atoms with Gasteiger partial charge in [-0.05, 0) is 19.8 Å². The zero-order chi connectivity index (χ0) is 20.4. The number of carbonyl (C=O) groups excluding carboxylic acids is 1. The highest BCUT2D eigenvalue weighted by Gasteiger charge is 2.39. The van der Waals surface area contributed by atoms with E-state index < -0.39 is 16.8 Å². The number of fused-ring (bicyclic) bond motifs is 1. The van der Waals surface area contributed by atoms with Crippen molar-refractivity contribution in [1.82, 2.24) is 9.78 Å². The quantitative estimate of drug-likeness (QED) is 0.463. The first-order valence-electron chi connectivity index (χ1n) is 9.25. The molecule has 0 spiro atoms. The van der Waals surface area contributed by atoms with E-state index in [0.29, 0.717) is 16.8 Å². The summed E-state index contributed by atoms with van der Waals surface area (Å²) >= 11 is 0. The van der Waals surface area contributed by atoms with Crippen LogP contribution in [0.15, 0.2) is 35.5 Å². The number of nitrogens with one attached hydrogen (secondary N) is 1. The summed E-state index contributed by atoms with van der Waals surface area (Å²) in [5.41, 5.74) is 3.04. The highest BCUT2D eigenvalue weighted by atomic mass is 16.6. The molecule has 1 atom stereocenters. The zero-order valence-electron chi connectivity index (χ0n) is 16.5. The number of methoxy groups -OCH3 is 1. The molecule has 1 unspecified atom stereocenters. The van der Waals surface area contributed by atoms with Crippen molar-refractivity contribution in [2.24, 2.45) is 7.05 Å². The Balaban J connectivity index is 2.31. The number of nitro benzene ring substituents is 1. The second kappa shape index (κ2) is 7.84. The summed E-state index contributed by atoms with van der Waals surface area (Å²) in [6.45, 7) is 3.87. The summed E-state index contributed by atoms with van der Waals surface area (Å²) in [7, 11) is 3.14. The van der Waals surface area contributed by atoms with E-state index in [9.17, 15) is 14.9 Å². The summed E-state index contributed by atoms with van der Waals surface area (Å²) in [6.07, 6.45) is 2.66. The van der Waals surface area contributed by atoms with Crippen LogP contribution in [0.25, 0.3) is 0 Å². The van der Waals surface area contributed by atoms with Crippen LogP contribution >= 0.6 is 0 Å². The van der Waals surface area contributed by atoms with E-state index >= 15 is 0 Å². The molecule has 0 saturated carbocycles. The molecule has 28 heavy (non-hydrogen) atoms. The number of hydrogen-bond acceptors (Lipinski definition) is 6. The Morgan fingerprint density at radius 3 is 2.75 bits per heavy atom. The molecule has 0 bridgehead atoms. The maximum Gasteiger partial charge on any atom is 0.336 e. The maximum absolute atomic E-state index is 12.7. The molecule has 1 aliphatic rings. The van der Waals surface area contributed by atoms with Gasteiger partial charge < -0.3 is 10.1 Å². The summed E-state index contributed by atoms with van der Waals surface area (Å²) < 4.78 is 6.76. The molecule has 0 saturated heterocycles. The number of anilines is 1. The molecule has 1 aromatic heterocycles. The number of carbonyl (C=O) groups is 1. The molecule has 2 heterocycles. The van der Waals surface area contributed by atoms with Crippen molar-refractivity contribution in [1.29, 1.82) is 0 Å². The molecule has 1 aromatic carbocycles. The molecule has 1 aliphatic heterocycles. The van der Waals surface area contributed by atoms with Gasteiger partial charge >= 0.3 is 5.97 Å². The lowest BCUT2D eigenvalue weighted by molar-refractivity contribution is -0.385. The number of nitro groups is 1. The minimum Gasteiger partial charge on any atom is -0.466 e. The lowest BCUT2D eigenvalue weighted by Crippen LogP contribution is -2.25. The third-order valence-electron chi connectivity index (χ3n) is 5.06. The number of hydrogen-bond donors (Lipinski definition) is 1. The molecule has 2 aromatic rings. The monoisotopic (exact) mass is 384 g/mol. The highest BCUT2D eigenvalue weighted by Crippen LogP contribution is 2.46. The van der Waals surface area contributed by atoms with Gasteiger partial charge in [0.1, 0.15) is 5.82 Å². The number of benzene rings is 1. The van der Waals surface area contributed by atoms with Gasteiger partial charge in [0.15, 0.2) is 0 Å². The van der Waals surface area contributed by atoms with Gasteiger partial charge in [-0.3, -0.25) is 14.8 Å². The Labute approximate surface area is 163 Å². The van der Waals surface area contributed by atoms with Crippen molar-refractivity contribution in [2.45, 2.75) is 39.0 Å². The predicted molar refractivity (Wildman–Crippen MR) is 105 cm³/mol. The Hall–Kier alpha value is -3.16. The van der Waals surface area contributed by atoms with Crippen molar-refractivity contribution >= 4 is 17.5 Å². The maximum atomic E-state index is 12.7. The number of esters is 1. The van der Waals surface area contributed by atoms with Gasteiger partial charge in [0, 0.05) is 29.9 Å². The van der Waals surface area contributed by atoms with E-state index in [0.717, 1.165) is 36.3 Å². The van der Waals surface area contributed by atoms with Crippen molar-refractivity contribution < 1.29 is 14.5 Å². The summed E-state index contributed by atoms with van der Waals surface area (Å²) in [4.78, 5) is 24.0. The molecular weight excluding hydrogens is 360 g/mol. The van der Waals surface area contributed by atoms with E-state index in [1.165, 1.54) is 13.2 Å². The number of ether oxygens (including phenoxy) is 1. The van der Waals surface area contributed by atoms with Crippen molar-refractivity contribution in [3.05, 3.63) is 62.5 Å². The molecule has 8 heteroatoms. The average molecular weight is 384 g/mol. The van der Waals surface area contributed by atoms with Crippen molar-refractivity contribution in [2.75, 3.05) is 12.4 Å². The fraction of sp³-hybridized carbons (Fsp3) is 0.400. The first-order chi connectivity index (χ1) is 13.4. The van der Waals surface area contributed by atoms with Crippen LogP contribution < -0.4 is 5.32 Å². The van der Waals surface area contributed by atoms with Gasteiger partial charge in [0.25, 0.3) is 5.69 Å². The van der Waals surface area contributed by atoms with Crippen molar-refractivity contribution in [3.63, 3.8) is 0 Å². The van der Waals surface area contributed by atoms with Crippen LogP contribution in [0.1, 0.15) is 49.4 Å². The Kier molecular flexibility index (Phi) is 5.48. The fourth-order valence-corrected chi connectivity index (χ4v) is 3.77. The lowest BCUT2D eigenvalue weighted by Gasteiger charge is -2.28. The predicted octanol–water partition coefficient (Wildman–Crippen LogP) is 3.68. The second-order valence-corrected chi connectivity index (χ2v) is 6.84. The number of rotatable bonds is 6. The number of nitrogens with zero attached hydrogens (tertiary/aromatic N) is 3. The van der Waals surface area contributed by atoms with Crippen molar-refractivity contribution in [3.8, 4) is 0 Å². The number of para-hydroxylation sites is 1. The van der Waals surface area contributed by atoms with Crippen LogP contribution in [0.3, 0.4) is 0 Å². The minimum absolute atomic E-state index is 0.0279. The van der Waals surface area contributed by atoms with Crippen LogP contribution in [0, 0.1) is 10.1 Å². The highest BCUT2D eigenvalue weighted by molar-refractivity contribution is 5.95. The van der Waals surface area contributed by atoms with Gasteiger partial charge in [-0.25, -0.2) is 4.79 Å². The molecule has 3 rings (SSSR count). The number of aromatic nitrogens is 2. The second-order valence-electron chi connectivity index (χ2n) is 6.84. The largest absolute Gasteiger partial charge is 0.466 e. The van der Waals surface area contributed by atoms with Gasteiger partial charge in [-0.15, -0.1) is 0 Å². The Morgan fingerprint density at radius 2 is 2.11 bits per heavy atom. The molecule has 8 nitrogen and oxygen atoms in total. The smallest absolute Gasteiger partial charge is 0.336 e. The molecule has 148 valence electrons. The third-order valence-corrected chi connectivity index (χ3v) is 5.06. The Bertz CT molecular complexity index is 961. The van der Waals surface area contributed by atoms with Crippen LogP contribution in [-0.4, -0.2) is 27.8 Å². The first kappa shape index (κ1) is 19.6. The molecule has 0 aliphatic carbocycles. The van der Waals surface area contributed by atoms with E-state index in [1.54, 1.807) is 29.8 Å². The van der Waals surface area contributed by atoms with Crippen LogP contribution in [0.2, 0.25) is 0 Å². The summed E-state index contributed by atoms with van der Waals surface area (Å²) in [5, 5.41) is 19.6. The lowest BCUT2D eigenvalue weighted by atomic mass is 9.80. The summed E-state index contributed by atoms with van der Waals surface area (Å²) in [5.74, 6) is -0.380. The van der Waals surface area contributed by atoms with Crippen LogP contribution in [-0.2, 0) is 23.0 Å². The van der Waals surface area contributed by atoms with Gasteiger partial charge in [-0.2, -0.15) is 5.10 Å². The van der Waals surface area contributed by atoms with E-state index in [1.807, 2.05) is 7.05 Å². The molecule has 0 fully saturated rings. The van der Waals surface area contributed by atoms with Gasteiger partial charge in [0.05, 0.1) is 29.2 Å². The molecule has 0 amide bonds. The standard InChI is InChI=1S/C20H24N4O4/c1-5-6-10-14-18-17(13-9-7-8-11-15(13)24(26)27)16(20(25)28-4)12(2)21-19(18)23(3)22-14/h7-9,11,17,21H,5-6,10H2,1-4H3. The Morgan fingerprint density at radius 1 is 1.39 bits per heavy atom. The van der Waals surface area contributed by atoms with Gasteiger partial charge in [-0.1, -0.05) is 31.5 Å². The van der Waals surface area contributed by atoms with Gasteiger partial charge in [0.2, 0.25) is 0 Å². The normalized spacial score (nSPS) is 15.8. The van der Waals surface area contributed by atoms with Crippen LogP contribution in [0.4, 0.5) is 11.5 Å². The number of aryl methyl sites for hydroxylation is 2. The molecular formula is C20H24N4O4. The molecule has 1 N–H and O–H groups in total. The zero-order valence-corrected chi connectivity index (χ0v) is 16.5. The van der Waals surface area contributed by atoms with E-state index in [4.69, 9.17) is 4.74 Å². The molecule has 0 radical (unpaired) electrons. The number of unbranched alkanes of at least 4 members (excludes halogenated alkanes) is 1. The topological polar surface area (TPSA) is 99.3 Å². The first-order valence-corrected chi connectivity index (χ1v) is 9.25. The third kappa shape index (κ3) is 3.26. The number of allylic oxidation sites excluding steroid dienone is 1. The minimum atomic E-state index is -0.620. The van der Waals surface area contributed by atoms with E-state index in [-0.39, 0.29) is 5.69 Å².